The first-order valence-corrected chi connectivity index (χ1v) is 7.90. The number of aromatic nitrogens is 4. The number of rotatable bonds is 4. The quantitative estimate of drug-likeness (QED) is 0.626. The molecule has 1 atom stereocenters. The molecule has 0 fully saturated rings. The third kappa shape index (κ3) is 2.82. The van der Waals surface area contributed by atoms with Crippen molar-refractivity contribution in [3.63, 3.8) is 0 Å². The molecule has 0 bridgehead atoms. The van der Waals surface area contributed by atoms with E-state index in [0.717, 1.165) is 10.3 Å². The Bertz CT molecular complexity index is 1110. The van der Waals surface area contributed by atoms with Crippen molar-refractivity contribution in [1.82, 2.24) is 18.5 Å². The van der Waals surface area contributed by atoms with E-state index in [-0.39, 0.29) is 6.42 Å². The van der Waals surface area contributed by atoms with Crippen molar-refractivity contribution < 1.29 is 9.53 Å². The maximum absolute atomic E-state index is 12.5. The maximum Gasteiger partial charge on any atom is 0.330 e. The molecule has 136 valence electrons. The van der Waals surface area contributed by atoms with Gasteiger partial charge < -0.3 is 19.4 Å². The number of nitrogens with two attached hydrogens (primary N) is 1. The molecule has 26 heavy (non-hydrogen) atoms. The van der Waals surface area contributed by atoms with Crippen molar-refractivity contribution in [2.24, 2.45) is 19.8 Å². The van der Waals surface area contributed by atoms with Crippen molar-refractivity contribution >= 4 is 11.6 Å². The third-order valence-electron chi connectivity index (χ3n) is 4.30. The smallest absolute Gasteiger partial charge is 0.330 e. The monoisotopic (exact) mass is 357 g/mol. The van der Waals surface area contributed by atoms with Gasteiger partial charge in [-0.3, -0.25) is 14.2 Å². The average molecular weight is 357 g/mol. The number of aryl methyl sites for hydroxylation is 1. The molecule has 3 heterocycles. The summed E-state index contributed by atoms with van der Waals surface area (Å²) >= 11 is 0. The maximum atomic E-state index is 12.5. The molecule has 3 aromatic heterocycles. The Morgan fingerprint density at radius 1 is 1.27 bits per heavy atom. The van der Waals surface area contributed by atoms with Gasteiger partial charge in [-0.05, 0) is 12.1 Å². The number of hydrogen-bond acceptors (Lipinski definition) is 6. The number of fused-ring (bicyclic) bond motifs is 1. The lowest BCUT2D eigenvalue weighted by Crippen LogP contribution is -2.37. The highest BCUT2D eigenvalue weighted by Gasteiger charge is 2.19. The molecule has 3 aromatic rings. The van der Waals surface area contributed by atoms with Gasteiger partial charge in [-0.15, -0.1) is 0 Å². The van der Waals surface area contributed by atoms with Crippen LogP contribution in [0, 0.1) is 0 Å². The van der Waals surface area contributed by atoms with Crippen LogP contribution < -0.4 is 17.0 Å². The number of methoxy groups -OCH3 is 1. The van der Waals surface area contributed by atoms with Gasteiger partial charge in [0.15, 0.2) is 0 Å². The van der Waals surface area contributed by atoms with Gasteiger partial charge in [0.1, 0.15) is 11.7 Å². The lowest BCUT2D eigenvalue weighted by molar-refractivity contribution is -0.142. The van der Waals surface area contributed by atoms with Crippen LogP contribution in [0.4, 0.5) is 0 Å². The number of imidazole rings is 1. The minimum Gasteiger partial charge on any atom is -0.468 e. The highest BCUT2D eigenvalue weighted by atomic mass is 16.5. The largest absolute Gasteiger partial charge is 0.468 e. The predicted octanol–water partition coefficient (Wildman–Crippen LogP) is -0.558. The van der Waals surface area contributed by atoms with Crippen LogP contribution in [0.5, 0.6) is 0 Å². The van der Waals surface area contributed by atoms with E-state index in [4.69, 9.17) is 5.73 Å². The van der Waals surface area contributed by atoms with Gasteiger partial charge >= 0.3 is 11.7 Å². The van der Waals surface area contributed by atoms with Crippen molar-refractivity contribution in [2.75, 3.05) is 7.11 Å². The predicted molar refractivity (Wildman–Crippen MR) is 94.8 cm³/mol. The molecular formula is C17H19N5O4. The highest BCUT2D eigenvalue weighted by Crippen LogP contribution is 2.22. The second kappa shape index (κ2) is 6.60. The molecule has 2 N–H and O–H groups in total. The number of carbonyl (C=O) groups is 1. The molecule has 0 aliphatic heterocycles. The zero-order chi connectivity index (χ0) is 19.0. The van der Waals surface area contributed by atoms with Crippen LogP contribution in [0.2, 0.25) is 0 Å². The van der Waals surface area contributed by atoms with Gasteiger partial charge in [0.25, 0.3) is 5.56 Å². The normalized spacial score (nSPS) is 12.3. The first-order chi connectivity index (χ1) is 12.3. The fourth-order valence-electron chi connectivity index (χ4n) is 2.90. The molecule has 9 nitrogen and oxygen atoms in total. The fraction of sp³-hybridized carbons (Fsp3) is 0.294. The second-order valence-corrected chi connectivity index (χ2v) is 5.99. The van der Waals surface area contributed by atoms with Crippen molar-refractivity contribution in [1.29, 1.82) is 0 Å². The summed E-state index contributed by atoms with van der Waals surface area (Å²) in [5.74, 6) is -0.505. The van der Waals surface area contributed by atoms with E-state index in [1.807, 2.05) is 0 Å². The summed E-state index contributed by atoms with van der Waals surface area (Å²) in [5, 5.41) is 0. The minimum atomic E-state index is -0.804. The van der Waals surface area contributed by atoms with E-state index < -0.39 is 23.3 Å². The molecule has 9 heteroatoms. The first kappa shape index (κ1) is 17.6. The Balaban J connectivity index is 2.16. The summed E-state index contributed by atoms with van der Waals surface area (Å²) in [6.45, 7) is 0. The number of nitrogens with zero attached hydrogens (tertiary/aromatic N) is 4. The van der Waals surface area contributed by atoms with E-state index in [2.05, 4.69) is 9.72 Å². The Morgan fingerprint density at radius 2 is 2.00 bits per heavy atom. The van der Waals surface area contributed by atoms with Crippen LogP contribution in [-0.2, 0) is 30.0 Å². The number of esters is 1. The van der Waals surface area contributed by atoms with Crippen LogP contribution >= 0.6 is 0 Å². The molecule has 0 saturated carbocycles. The Labute approximate surface area is 148 Å². The lowest BCUT2D eigenvalue weighted by Gasteiger charge is -2.13. The summed E-state index contributed by atoms with van der Waals surface area (Å²) < 4.78 is 8.82. The third-order valence-corrected chi connectivity index (χ3v) is 4.30. The standard InChI is InChI=1S/C17H19N5O4/c1-20-9-12(15(23)21(2)17(20)25)11-5-4-10(8-13(18)16(24)26-3)22-7-6-19-14(11)22/h4-7,9,13H,8,18H2,1-3H3/t13-/m0/s1. The molecule has 0 amide bonds. The molecule has 0 unspecified atom stereocenters. The van der Waals surface area contributed by atoms with Gasteiger partial charge in [-0.2, -0.15) is 0 Å². The van der Waals surface area contributed by atoms with E-state index >= 15 is 0 Å². The number of ether oxygens (including phenoxy) is 1. The van der Waals surface area contributed by atoms with Gasteiger partial charge in [0.05, 0.1) is 12.7 Å². The van der Waals surface area contributed by atoms with E-state index in [1.165, 1.54) is 24.9 Å². The SMILES string of the molecule is COC(=O)[C@@H](N)Cc1ccc(-c2cn(C)c(=O)n(C)c2=O)c2nccn12. The number of pyridine rings is 1. The Hall–Kier alpha value is -3.20. The minimum absolute atomic E-state index is 0.255. The fourth-order valence-corrected chi connectivity index (χ4v) is 2.90. The molecule has 0 aliphatic carbocycles. The first-order valence-electron chi connectivity index (χ1n) is 7.90. The molecule has 0 aliphatic rings. The zero-order valence-electron chi connectivity index (χ0n) is 14.7. The average Bonchev–Trinajstić information content (AvgIpc) is 3.13. The van der Waals surface area contributed by atoms with Crippen molar-refractivity contribution in [3.8, 4) is 11.1 Å². The lowest BCUT2D eigenvalue weighted by atomic mass is 10.1. The molecule has 0 spiro atoms. The molecule has 3 rings (SSSR count). The Kier molecular flexibility index (Phi) is 4.47. The summed E-state index contributed by atoms with van der Waals surface area (Å²) in [5.41, 5.74) is 7.27. The molecule has 0 aromatic carbocycles. The zero-order valence-corrected chi connectivity index (χ0v) is 14.7. The van der Waals surface area contributed by atoms with E-state index in [1.54, 1.807) is 36.0 Å². The van der Waals surface area contributed by atoms with Crippen LogP contribution in [0.1, 0.15) is 5.69 Å². The summed E-state index contributed by atoms with van der Waals surface area (Å²) in [4.78, 5) is 40.3. The van der Waals surface area contributed by atoms with E-state index in [9.17, 15) is 14.4 Å². The summed E-state index contributed by atoms with van der Waals surface area (Å²) in [6, 6.07) is 2.71. The van der Waals surface area contributed by atoms with Gasteiger partial charge in [0, 0.05) is 50.4 Å². The second-order valence-electron chi connectivity index (χ2n) is 5.99. The molecule has 0 saturated heterocycles. The van der Waals surface area contributed by atoms with Crippen LogP contribution in [-0.4, -0.2) is 37.6 Å². The summed E-state index contributed by atoms with van der Waals surface area (Å²) in [7, 11) is 4.30. The van der Waals surface area contributed by atoms with Crippen LogP contribution in [0.3, 0.4) is 0 Å². The van der Waals surface area contributed by atoms with Crippen LogP contribution in [0.25, 0.3) is 16.8 Å². The Morgan fingerprint density at radius 3 is 2.69 bits per heavy atom. The van der Waals surface area contributed by atoms with Crippen LogP contribution in [0.15, 0.2) is 40.3 Å². The van der Waals surface area contributed by atoms with E-state index in [0.29, 0.717) is 16.8 Å². The van der Waals surface area contributed by atoms with Gasteiger partial charge in [-0.25, -0.2) is 9.78 Å². The number of carbonyl (C=O) groups excluding carboxylic acids is 1. The highest BCUT2D eigenvalue weighted by molar-refractivity contribution is 5.78. The van der Waals surface area contributed by atoms with Crippen molar-refractivity contribution in [2.45, 2.75) is 12.5 Å². The number of hydrogen-bond donors (Lipinski definition) is 1. The topological polar surface area (TPSA) is 114 Å². The molecular weight excluding hydrogens is 338 g/mol. The molecule has 0 radical (unpaired) electrons. The van der Waals surface area contributed by atoms with Crippen molar-refractivity contribution in [3.05, 3.63) is 57.3 Å². The summed E-state index contributed by atoms with van der Waals surface area (Å²) in [6.07, 6.45) is 5.07. The van der Waals surface area contributed by atoms with Gasteiger partial charge in [0.2, 0.25) is 0 Å². The van der Waals surface area contributed by atoms with Gasteiger partial charge in [-0.1, -0.05) is 0 Å².